The Labute approximate surface area is 124 Å². The number of piperazine rings is 1. The summed E-state index contributed by atoms with van der Waals surface area (Å²) < 4.78 is 0. The van der Waals surface area contributed by atoms with Crippen molar-refractivity contribution in [1.82, 2.24) is 15.2 Å². The van der Waals surface area contributed by atoms with E-state index in [-0.39, 0.29) is 24.4 Å². The fourth-order valence-electron chi connectivity index (χ4n) is 2.49. The third kappa shape index (κ3) is 4.01. The second-order valence-corrected chi connectivity index (χ2v) is 5.22. The van der Waals surface area contributed by atoms with E-state index in [1.54, 1.807) is 6.20 Å². The Hall–Kier alpha value is -1.95. The van der Waals surface area contributed by atoms with Gasteiger partial charge in [-0.15, -0.1) is 0 Å². The number of anilines is 1. The maximum Gasteiger partial charge on any atom is 0.243 e. The van der Waals surface area contributed by atoms with Gasteiger partial charge in [0.25, 0.3) is 0 Å². The fraction of sp³-hybridized carbons (Fsp3) is 0.533. The van der Waals surface area contributed by atoms with Gasteiger partial charge in [0, 0.05) is 19.3 Å². The van der Waals surface area contributed by atoms with Crippen LogP contribution in [0.1, 0.15) is 32.3 Å². The Bertz CT molecular complexity index is 518. The van der Waals surface area contributed by atoms with Crippen molar-refractivity contribution in [2.75, 3.05) is 18.4 Å². The van der Waals surface area contributed by atoms with Crippen molar-refractivity contribution in [3.63, 3.8) is 0 Å². The predicted molar refractivity (Wildman–Crippen MR) is 80.7 cm³/mol. The average Bonchev–Trinajstić information content (AvgIpc) is 2.45. The van der Waals surface area contributed by atoms with Gasteiger partial charge in [0.05, 0.1) is 12.6 Å². The van der Waals surface area contributed by atoms with E-state index in [4.69, 9.17) is 0 Å². The van der Waals surface area contributed by atoms with Crippen LogP contribution in [-0.2, 0) is 16.1 Å². The van der Waals surface area contributed by atoms with Gasteiger partial charge in [0.2, 0.25) is 11.8 Å². The van der Waals surface area contributed by atoms with Crippen LogP contribution in [0.15, 0.2) is 18.3 Å². The van der Waals surface area contributed by atoms with E-state index < -0.39 is 0 Å². The SMILES string of the molecule is CCCNc1cc(CN2CC(=O)NC(=O)C2CC)ccn1. The van der Waals surface area contributed by atoms with Gasteiger partial charge < -0.3 is 5.32 Å². The van der Waals surface area contributed by atoms with Crippen LogP contribution < -0.4 is 10.6 Å². The van der Waals surface area contributed by atoms with E-state index in [2.05, 4.69) is 22.5 Å². The molecule has 0 aliphatic carbocycles. The zero-order chi connectivity index (χ0) is 15.2. The second kappa shape index (κ2) is 7.17. The highest BCUT2D eigenvalue weighted by Gasteiger charge is 2.32. The number of amides is 2. The minimum atomic E-state index is -0.247. The summed E-state index contributed by atoms with van der Waals surface area (Å²) in [6, 6.07) is 3.64. The van der Waals surface area contributed by atoms with Crippen molar-refractivity contribution in [3.8, 4) is 0 Å². The molecule has 1 aliphatic heterocycles. The lowest BCUT2D eigenvalue weighted by molar-refractivity contribution is -0.140. The summed E-state index contributed by atoms with van der Waals surface area (Å²) >= 11 is 0. The van der Waals surface area contributed by atoms with Crippen LogP contribution in [0.25, 0.3) is 0 Å². The second-order valence-electron chi connectivity index (χ2n) is 5.22. The van der Waals surface area contributed by atoms with Gasteiger partial charge in [0.15, 0.2) is 0 Å². The fourth-order valence-corrected chi connectivity index (χ4v) is 2.49. The molecule has 21 heavy (non-hydrogen) atoms. The first-order valence-corrected chi connectivity index (χ1v) is 7.40. The number of rotatable bonds is 6. The Morgan fingerprint density at radius 2 is 2.24 bits per heavy atom. The van der Waals surface area contributed by atoms with Crippen LogP contribution in [0.5, 0.6) is 0 Å². The maximum atomic E-state index is 11.8. The molecule has 1 saturated heterocycles. The maximum absolute atomic E-state index is 11.8. The van der Waals surface area contributed by atoms with Crippen molar-refractivity contribution >= 4 is 17.6 Å². The van der Waals surface area contributed by atoms with Gasteiger partial charge in [0.1, 0.15) is 5.82 Å². The van der Waals surface area contributed by atoms with Gasteiger partial charge in [-0.1, -0.05) is 13.8 Å². The zero-order valence-electron chi connectivity index (χ0n) is 12.6. The van der Waals surface area contributed by atoms with Crippen molar-refractivity contribution < 1.29 is 9.59 Å². The van der Waals surface area contributed by atoms with Gasteiger partial charge in [-0.25, -0.2) is 4.98 Å². The molecule has 1 atom stereocenters. The van der Waals surface area contributed by atoms with Crippen molar-refractivity contribution in [3.05, 3.63) is 23.9 Å². The van der Waals surface area contributed by atoms with Crippen molar-refractivity contribution in [1.29, 1.82) is 0 Å². The molecule has 1 aromatic heterocycles. The summed E-state index contributed by atoms with van der Waals surface area (Å²) in [5.74, 6) is 0.394. The van der Waals surface area contributed by atoms with Gasteiger partial charge >= 0.3 is 0 Å². The Balaban J connectivity index is 2.08. The number of imide groups is 1. The van der Waals surface area contributed by atoms with Crippen LogP contribution in [-0.4, -0.2) is 40.8 Å². The third-order valence-electron chi connectivity index (χ3n) is 3.51. The normalized spacial score (nSPS) is 19.4. The van der Waals surface area contributed by atoms with E-state index in [0.717, 1.165) is 24.3 Å². The van der Waals surface area contributed by atoms with Crippen LogP contribution in [0.2, 0.25) is 0 Å². The van der Waals surface area contributed by atoms with E-state index in [1.807, 2.05) is 24.0 Å². The van der Waals surface area contributed by atoms with Gasteiger partial charge in [-0.05, 0) is 30.5 Å². The Morgan fingerprint density at radius 3 is 2.95 bits per heavy atom. The molecule has 2 amide bonds. The molecule has 114 valence electrons. The van der Waals surface area contributed by atoms with E-state index in [0.29, 0.717) is 13.0 Å². The smallest absolute Gasteiger partial charge is 0.243 e. The molecule has 0 aromatic carbocycles. The third-order valence-corrected chi connectivity index (χ3v) is 3.51. The number of hydrogen-bond acceptors (Lipinski definition) is 5. The first-order valence-electron chi connectivity index (χ1n) is 7.40. The summed E-state index contributed by atoms with van der Waals surface area (Å²) in [5, 5.41) is 5.63. The highest BCUT2D eigenvalue weighted by Crippen LogP contribution is 2.15. The highest BCUT2D eigenvalue weighted by molar-refractivity contribution is 6.01. The first kappa shape index (κ1) is 15.4. The highest BCUT2D eigenvalue weighted by atomic mass is 16.2. The van der Waals surface area contributed by atoms with Crippen molar-refractivity contribution in [2.45, 2.75) is 39.3 Å². The zero-order valence-corrected chi connectivity index (χ0v) is 12.6. The Morgan fingerprint density at radius 1 is 1.43 bits per heavy atom. The molecule has 0 saturated carbocycles. The quantitative estimate of drug-likeness (QED) is 0.769. The summed E-state index contributed by atoms with van der Waals surface area (Å²) in [6.07, 6.45) is 3.47. The number of nitrogens with one attached hydrogen (secondary N) is 2. The minimum absolute atomic E-state index is 0.202. The molecule has 1 unspecified atom stereocenters. The summed E-state index contributed by atoms with van der Waals surface area (Å²) in [6.45, 7) is 5.75. The van der Waals surface area contributed by atoms with E-state index in [9.17, 15) is 9.59 Å². The number of nitrogens with zero attached hydrogens (tertiary/aromatic N) is 2. The molecule has 1 fully saturated rings. The van der Waals surface area contributed by atoms with Crippen LogP contribution >= 0.6 is 0 Å². The Kier molecular flexibility index (Phi) is 5.27. The molecule has 6 nitrogen and oxygen atoms in total. The summed E-state index contributed by atoms with van der Waals surface area (Å²) in [5.41, 5.74) is 1.05. The van der Waals surface area contributed by atoms with E-state index in [1.165, 1.54) is 0 Å². The number of carbonyl (C=O) groups excluding carboxylic acids is 2. The minimum Gasteiger partial charge on any atom is -0.370 e. The van der Waals surface area contributed by atoms with Gasteiger partial charge in [-0.3, -0.25) is 19.8 Å². The van der Waals surface area contributed by atoms with Crippen molar-refractivity contribution in [2.24, 2.45) is 0 Å². The van der Waals surface area contributed by atoms with Crippen LogP contribution in [0.4, 0.5) is 5.82 Å². The number of pyridine rings is 1. The molecular formula is C15H22N4O2. The molecule has 0 spiro atoms. The van der Waals surface area contributed by atoms with Gasteiger partial charge in [-0.2, -0.15) is 0 Å². The summed E-state index contributed by atoms with van der Waals surface area (Å²) in [7, 11) is 0. The number of hydrogen-bond donors (Lipinski definition) is 2. The van der Waals surface area contributed by atoms with Crippen LogP contribution in [0.3, 0.4) is 0 Å². The lowest BCUT2D eigenvalue weighted by atomic mass is 10.1. The average molecular weight is 290 g/mol. The number of carbonyl (C=O) groups is 2. The molecule has 2 rings (SSSR count). The molecule has 0 radical (unpaired) electrons. The standard InChI is InChI=1S/C15H22N4O2/c1-3-6-16-13-8-11(5-7-17-13)9-19-10-14(20)18-15(21)12(19)4-2/h5,7-8,12H,3-4,6,9-10H2,1-2H3,(H,16,17)(H,18,20,21). The molecule has 2 N–H and O–H groups in total. The molecule has 1 aliphatic rings. The lowest BCUT2D eigenvalue weighted by Crippen LogP contribution is -2.57. The first-order chi connectivity index (χ1) is 10.1. The predicted octanol–water partition coefficient (Wildman–Crippen LogP) is 1.14. The monoisotopic (exact) mass is 290 g/mol. The van der Waals surface area contributed by atoms with E-state index >= 15 is 0 Å². The molecule has 0 bridgehead atoms. The van der Waals surface area contributed by atoms with Crippen LogP contribution in [0, 0.1) is 0 Å². The number of aromatic nitrogens is 1. The molecule has 1 aromatic rings. The lowest BCUT2D eigenvalue weighted by Gasteiger charge is -2.33. The molecule has 2 heterocycles. The molecule has 6 heteroatoms. The largest absolute Gasteiger partial charge is 0.370 e. The summed E-state index contributed by atoms with van der Waals surface area (Å²) in [4.78, 5) is 29.6. The molecular weight excluding hydrogens is 268 g/mol. The topological polar surface area (TPSA) is 74.3 Å².